The van der Waals surface area contributed by atoms with E-state index in [2.05, 4.69) is 30.6 Å². The number of hydrogen-bond acceptors (Lipinski definition) is 11. The lowest BCUT2D eigenvalue weighted by Gasteiger charge is -2.29. The molecule has 1 aliphatic carbocycles. The van der Waals surface area contributed by atoms with Gasteiger partial charge in [-0.05, 0) is 42.9 Å². The highest BCUT2D eigenvalue weighted by Gasteiger charge is 2.44. The molecule has 2 fully saturated rings. The number of carbonyl (C=O) groups is 1. The first kappa shape index (κ1) is 28.0. The molecule has 13 nitrogen and oxygen atoms in total. The highest BCUT2D eigenvalue weighted by molar-refractivity contribution is 7.90. The van der Waals surface area contributed by atoms with E-state index >= 15 is 0 Å². The molecular weight excluding hydrogens is 580 g/mol. The van der Waals surface area contributed by atoms with Crippen molar-refractivity contribution in [1.82, 2.24) is 23.2 Å². The number of amides is 2. The molecule has 2 amide bonds. The Hall–Kier alpha value is -4.10. The number of nitriles is 1. The topological polar surface area (TPSA) is 167 Å². The minimum atomic E-state index is -3.87. The molecule has 0 spiro atoms. The van der Waals surface area contributed by atoms with Crippen LogP contribution < -0.4 is 10.2 Å². The largest absolute Gasteiger partial charge is 0.370 e. The number of nitrogens with zero attached hydrogens (tertiary/aromatic N) is 7. The van der Waals surface area contributed by atoms with Gasteiger partial charge in [0.25, 0.3) is 10.0 Å². The van der Waals surface area contributed by atoms with E-state index in [1.807, 2.05) is 7.05 Å². The van der Waals surface area contributed by atoms with E-state index in [0.29, 0.717) is 29.7 Å². The van der Waals surface area contributed by atoms with Gasteiger partial charge in [0.15, 0.2) is 5.65 Å². The van der Waals surface area contributed by atoms with Gasteiger partial charge in [-0.25, -0.2) is 22.2 Å². The van der Waals surface area contributed by atoms with Gasteiger partial charge in [0.2, 0.25) is 17.2 Å². The third-order valence-electron chi connectivity index (χ3n) is 8.09. The monoisotopic (exact) mass is 608 g/mol. The Balaban J connectivity index is 1.18. The number of methoxy groups -OCH3 is 1. The highest BCUT2D eigenvalue weighted by Crippen LogP contribution is 2.43. The van der Waals surface area contributed by atoms with Crippen molar-refractivity contribution >= 4 is 49.4 Å². The minimum Gasteiger partial charge on any atom is -0.370 e. The number of likely N-dealkylation sites (tertiary alicyclic amines) is 1. The van der Waals surface area contributed by atoms with E-state index in [-0.39, 0.29) is 45.4 Å². The average molecular weight is 609 g/mol. The van der Waals surface area contributed by atoms with Crippen LogP contribution >= 0.6 is 11.5 Å². The number of urea groups is 1. The molecule has 3 aromatic heterocycles. The lowest BCUT2D eigenvalue weighted by molar-refractivity contribution is -0.0822. The van der Waals surface area contributed by atoms with Gasteiger partial charge < -0.3 is 19.6 Å². The molecule has 4 aromatic rings. The Morgan fingerprint density at radius 2 is 1.95 bits per heavy atom. The average Bonchev–Trinajstić information content (AvgIpc) is 3.79. The second-order valence-electron chi connectivity index (χ2n) is 10.4. The van der Waals surface area contributed by atoms with E-state index in [1.54, 1.807) is 29.2 Å². The number of ether oxygens (including phenoxy) is 1. The summed E-state index contributed by atoms with van der Waals surface area (Å²) in [4.78, 5) is 25.4. The number of carbonyl (C=O) groups excluding carboxylic acids is 1. The summed E-state index contributed by atoms with van der Waals surface area (Å²) in [5.74, 6) is 0.640. The molecule has 42 heavy (non-hydrogen) atoms. The maximum Gasteiger partial charge on any atom is 0.323 e. The first-order chi connectivity index (χ1) is 20.2. The van der Waals surface area contributed by atoms with Crippen LogP contribution in [0.4, 0.5) is 15.6 Å². The predicted molar refractivity (Wildman–Crippen MR) is 154 cm³/mol. The van der Waals surface area contributed by atoms with Crippen LogP contribution in [0.5, 0.6) is 0 Å². The van der Waals surface area contributed by atoms with Crippen molar-refractivity contribution in [3.63, 3.8) is 0 Å². The smallest absolute Gasteiger partial charge is 0.323 e. The van der Waals surface area contributed by atoms with E-state index in [0.717, 1.165) is 28.3 Å². The number of anilines is 2. The number of fused-ring (bicyclic) bond motifs is 2. The van der Waals surface area contributed by atoms with Crippen molar-refractivity contribution < 1.29 is 23.1 Å². The summed E-state index contributed by atoms with van der Waals surface area (Å²) in [6, 6.07) is 11.9. The normalized spacial score (nSPS) is 20.8. The lowest BCUT2D eigenvalue weighted by Crippen LogP contribution is -2.36. The van der Waals surface area contributed by atoms with Gasteiger partial charge in [0.1, 0.15) is 6.07 Å². The molecule has 4 heterocycles. The maximum absolute atomic E-state index is 13.4. The fourth-order valence-electron chi connectivity index (χ4n) is 6.01. The summed E-state index contributed by atoms with van der Waals surface area (Å²) in [5.41, 5.74) is 1.28. The van der Waals surface area contributed by atoms with Crippen molar-refractivity contribution in [3.8, 4) is 6.07 Å². The molecule has 1 aliphatic heterocycles. The van der Waals surface area contributed by atoms with Crippen LogP contribution in [-0.4, -0.2) is 76.1 Å². The van der Waals surface area contributed by atoms with Crippen LogP contribution in [0.15, 0.2) is 53.7 Å². The number of nitrogens with one attached hydrogen (secondary N) is 1. The molecule has 6 rings (SSSR count). The van der Waals surface area contributed by atoms with Crippen LogP contribution in [0.1, 0.15) is 30.5 Å². The fourth-order valence-corrected chi connectivity index (χ4v) is 7.91. The van der Waals surface area contributed by atoms with Crippen molar-refractivity contribution in [2.45, 2.75) is 30.1 Å². The highest BCUT2D eigenvalue weighted by atomic mass is 32.2. The number of pyridine rings is 1. The van der Waals surface area contributed by atoms with E-state index < -0.39 is 16.3 Å². The quantitative estimate of drug-likeness (QED) is 0.298. The number of hydrogen-bond donors (Lipinski definition) is 2. The zero-order valence-electron chi connectivity index (χ0n) is 22.8. The summed E-state index contributed by atoms with van der Waals surface area (Å²) in [7, 11) is -0.611. The van der Waals surface area contributed by atoms with Gasteiger partial charge in [-0.15, -0.1) is 0 Å². The fraction of sp³-hybridized carbons (Fsp3) is 0.370. The van der Waals surface area contributed by atoms with Crippen LogP contribution in [0.2, 0.25) is 0 Å². The Labute approximate surface area is 246 Å². The first-order valence-corrected chi connectivity index (χ1v) is 15.5. The summed E-state index contributed by atoms with van der Waals surface area (Å²) in [6.07, 6.45) is 3.28. The molecule has 218 valence electrons. The van der Waals surface area contributed by atoms with Gasteiger partial charge >= 0.3 is 6.03 Å². The molecule has 2 unspecified atom stereocenters. The number of aliphatic hydroxyl groups is 1. The lowest BCUT2D eigenvalue weighted by atomic mass is 10.0. The van der Waals surface area contributed by atoms with Crippen molar-refractivity contribution in [3.05, 3.63) is 60.2 Å². The molecule has 2 N–H and O–H groups in total. The predicted octanol–water partition coefficient (Wildman–Crippen LogP) is 3.01. The molecular formula is C27H28N8O5S2. The summed E-state index contributed by atoms with van der Waals surface area (Å²) in [5, 5.41) is 23.3. The van der Waals surface area contributed by atoms with Gasteiger partial charge in [0, 0.05) is 62.6 Å². The Bertz CT molecular complexity index is 1770. The molecule has 1 saturated heterocycles. The van der Waals surface area contributed by atoms with Gasteiger partial charge in [-0.1, -0.05) is 18.2 Å². The van der Waals surface area contributed by atoms with Crippen LogP contribution in [0.25, 0.3) is 11.0 Å². The zero-order valence-corrected chi connectivity index (χ0v) is 24.4. The molecule has 0 bridgehead atoms. The second kappa shape index (κ2) is 11.0. The second-order valence-corrected chi connectivity index (χ2v) is 13.0. The Kier molecular flexibility index (Phi) is 7.31. The number of benzene rings is 1. The summed E-state index contributed by atoms with van der Waals surface area (Å²) in [6.45, 7) is 1.16. The van der Waals surface area contributed by atoms with Crippen LogP contribution in [0, 0.1) is 23.2 Å². The summed E-state index contributed by atoms with van der Waals surface area (Å²) >= 11 is 0.973. The van der Waals surface area contributed by atoms with Crippen LogP contribution in [-0.2, 0) is 14.8 Å². The van der Waals surface area contributed by atoms with Crippen molar-refractivity contribution in [1.29, 1.82) is 5.26 Å². The third kappa shape index (κ3) is 4.86. The third-order valence-corrected chi connectivity index (χ3v) is 10.4. The molecule has 1 saturated carbocycles. The Morgan fingerprint density at radius 3 is 2.62 bits per heavy atom. The number of aliphatic hydroxyl groups excluding tert-OH is 1. The molecule has 15 heteroatoms. The molecule has 0 radical (unpaired) electrons. The molecule has 2 aliphatic rings. The SMILES string of the molecule is COC(O)c1nsc(NC(=O)N2CC3C[C@@H](N(C)c4c(C#N)cnc5c4ccn5S(=O)(=O)c4ccccc4)C[C@@H]3C2)n1. The van der Waals surface area contributed by atoms with Crippen molar-refractivity contribution in [2.75, 3.05) is 37.5 Å². The number of aromatic nitrogens is 4. The van der Waals surface area contributed by atoms with E-state index in [4.69, 9.17) is 4.74 Å². The van der Waals surface area contributed by atoms with E-state index in [1.165, 1.54) is 31.6 Å². The standard InChI is InChI=1S/C27H28N8O5S2/c1-33(19-10-16-14-34(15-17(16)11-19)27(37)31-26-30-23(32-41-26)25(36)40-2)22-18(12-28)13-29-24-21(22)8-9-35(24)42(38,39)20-6-4-3-5-7-20/h3-9,13,16-17,19,25,36H,10-11,14-15H2,1-2H3,(H,30,31,32,37)/t16-,17?,19+,25?/m1/s1. The Morgan fingerprint density at radius 1 is 1.24 bits per heavy atom. The van der Waals surface area contributed by atoms with Crippen molar-refractivity contribution in [2.24, 2.45) is 11.8 Å². The van der Waals surface area contributed by atoms with Gasteiger partial charge in [0.05, 0.1) is 16.1 Å². The van der Waals surface area contributed by atoms with E-state index in [9.17, 15) is 23.6 Å². The van der Waals surface area contributed by atoms with Crippen LogP contribution in [0.3, 0.4) is 0 Å². The zero-order chi connectivity index (χ0) is 29.6. The minimum absolute atomic E-state index is 0.0944. The molecule has 4 atom stereocenters. The number of rotatable bonds is 7. The van der Waals surface area contributed by atoms with Gasteiger partial charge in [-0.3, -0.25) is 5.32 Å². The van der Waals surface area contributed by atoms with Gasteiger partial charge in [-0.2, -0.15) is 14.6 Å². The maximum atomic E-state index is 13.4. The molecule has 1 aromatic carbocycles. The first-order valence-electron chi connectivity index (χ1n) is 13.2. The summed E-state index contributed by atoms with van der Waals surface area (Å²) < 4.78 is 36.7.